The van der Waals surface area contributed by atoms with Crippen molar-refractivity contribution in [1.29, 1.82) is 0 Å². The van der Waals surface area contributed by atoms with Crippen LogP contribution in [0.5, 0.6) is 0 Å². The number of nitrogens with two attached hydrogens (primary N) is 1. The number of rotatable bonds is 6. The monoisotopic (exact) mass is 346 g/mol. The van der Waals surface area contributed by atoms with Crippen LogP contribution in [0.3, 0.4) is 0 Å². The summed E-state index contributed by atoms with van der Waals surface area (Å²) in [6.45, 7) is 2.83. The second-order valence-electron chi connectivity index (χ2n) is 6.03. The molecule has 0 atom stereocenters. The number of carbonyl (C=O) groups is 1. The van der Waals surface area contributed by atoms with Crippen molar-refractivity contribution >= 4 is 28.7 Å². The largest absolute Gasteiger partial charge is 0.396 e. The van der Waals surface area contributed by atoms with Crippen LogP contribution in [0, 0.1) is 5.92 Å². The lowest BCUT2D eigenvalue weighted by Gasteiger charge is -2.32. The summed E-state index contributed by atoms with van der Waals surface area (Å²) in [6, 6.07) is 5.84. The van der Waals surface area contributed by atoms with E-state index in [4.69, 9.17) is 5.73 Å². The molecule has 1 fully saturated rings. The van der Waals surface area contributed by atoms with Gasteiger partial charge >= 0.3 is 0 Å². The third kappa shape index (κ3) is 4.04. The van der Waals surface area contributed by atoms with E-state index in [0.29, 0.717) is 18.0 Å². The van der Waals surface area contributed by atoms with Crippen molar-refractivity contribution in [3.05, 3.63) is 40.2 Å². The summed E-state index contributed by atoms with van der Waals surface area (Å²) in [5, 5.41) is 14.2. The lowest BCUT2D eigenvalue weighted by atomic mass is 9.98. The SMILES string of the molecule is NC(=O)c1csc(CNc2ccc(N3CCC(CO)CC3)cn2)c1. The molecule has 0 aliphatic carbocycles. The van der Waals surface area contributed by atoms with Gasteiger partial charge in [-0.15, -0.1) is 11.3 Å². The molecule has 2 aromatic heterocycles. The Kier molecular flexibility index (Phi) is 5.32. The minimum absolute atomic E-state index is 0.287. The summed E-state index contributed by atoms with van der Waals surface area (Å²) >= 11 is 1.51. The number of aliphatic hydroxyl groups excluding tert-OH is 1. The van der Waals surface area contributed by atoms with Crippen LogP contribution in [0.15, 0.2) is 29.8 Å². The summed E-state index contributed by atoms with van der Waals surface area (Å²) in [6.07, 6.45) is 3.93. The molecule has 1 amide bonds. The van der Waals surface area contributed by atoms with Crippen LogP contribution in [-0.2, 0) is 6.54 Å². The van der Waals surface area contributed by atoms with Gasteiger partial charge in [0.1, 0.15) is 5.82 Å². The highest BCUT2D eigenvalue weighted by Crippen LogP contribution is 2.23. The predicted molar refractivity (Wildman–Crippen MR) is 96.4 cm³/mol. The highest BCUT2D eigenvalue weighted by atomic mass is 32.1. The summed E-state index contributed by atoms with van der Waals surface area (Å²) in [5.74, 6) is 0.842. The Balaban J connectivity index is 1.53. The molecule has 7 heteroatoms. The number of hydrogen-bond donors (Lipinski definition) is 3. The fraction of sp³-hybridized carbons (Fsp3) is 0.412. The predicted octanol–water partition coefficient (Wildman–Crippen LogP) is 2.06. The van der Waals surface area contributed by atoms with E-state index in [-0.39, 0.29) is 6.61 Å². The van der Waals surface area contributed by atoms with Crippen LogP contribution in [0.2, 0.25) is 0 Å². The van der Waals surface area contributed by atoms with Crippen molar-refractivity contribution in [1.82, 2.24) is 4.98 Å². The molecule has 24 heavy (non-hydrogen) atoms. The Labute approximate surface area is 145 Å². The molecular formula is C17H22N4O2S. The van der Waals surface area contributed by atoms with E-state index in [1.54, 1.807) is 11.4 Å². The Hall–Kier alpha value is -2.12. The van der Waals surface area contributed by atoms with Gasteiger partial charge in [-0.1, -0.05) is 0 Å². The van der Waals surface area contributed by atoms with Crippen molar-refractivity contribution in [2.45, 2.75) is 19.4 Å². The van der Waals surface area contributed by atoms with Gasteiger partial charge in [-0.3, -0.25) is 4.79 Å². The molecule has 3 rings (SSSR count). The number of primary amides is 1. The Morgan fingerprint density at radius 3 is 2.79 bits per heavy atom. The van der Waals surface area contributed by atoms with Crippen LogP contribution in [-0.4, -0.2) is 35.7 Å². The highest BCUT2D eigenvalue weighted by molar-refractivity contribution is 7.10. The first-order valence-corrected chi connectivity index (χ1v) is 8.96. The maximum Gasteiger partial charge on any atom is 0.249 e. The number of nitrogens with one attached hydrogen (secondary N) is 1. The second kappa shape index (κ2) is 7.63. The summed E-state index contributed by atoms with van der Waals surface area (Å²) < 4.78 is 0. The molecule has 6 nitrogen and oxygen atoms in total. The van der Waals surface area contributed by atoms with Gasteiger partial charge in [0.05, 0.1) is 24.0 Å². The molecular weight excluding hydrogens is 324 g/mol. The van der Waals surface area contributed by atoms with Gasteiger partial charge in [0, 0.05) is 30.0 Å². The second-order valence-corrected chi connectivity index (χ2v) is 7.03. The zero-order valence-corrected chi connectivity index (χ0v) is 14.3. The van der Waals surface area contributed by atoms with Gasteiger partial charge in [0.25, 0.3) is 0 Å². The summed E-state index contributed by atoms with van der Waals surface area (Å²) in [5.41, 5.74) is 6.92. The molecule has 128 valence electrons. The van der Waals surface area contributed by atoms with E-state index in [0.717, 1.165) is 42.3 Å². The van der Waals surface area contributed by atoms with Crippen LogP contribution in [0.4, 0.5) is 11.5 Å². The van der Waals surface area contributed by atoms with Gasteiger partial charge in [-0.2, -0.15) is 0 Å². The molecule has 1 aliphatic rings. The molecule has 0 bridgehead atoms. The number of hydrogen-bond acceptors (Lipinski definition) is 6. The van der Waals surface area contributed by atoms with Crippen LogP contribution >= 0.6 is 11.3 Å². The topological polar surface area (TPSA) is 91.5 Å². The van der Waals surface area contributed by atoms with Crippen molar-refractivity contribution in [2.75, 3.05) is 29.9 Å². The zero-order valence-electron chi connectivity index (χ0n) is 13.4. The number of piperidine rings is 1. The number of aromatic nitrogens is 1. The maximum atomic E-state index is 11.1. The molecule has 0 saturated carbocycles. The van der Waals surface area contributed by atoms with E-state index in [2.05, 4.69) is 21.3 Å². The molecule has 2 aromatic rings. The molecule has 4 N–H and O–H groups in total. The minimum Gasteiger partial charge on any atom is -0.396 e. The van der Waals surface area contributed by atoms with Crippen molar-refractivity contribution in [2.24, 2.45) is 11.7 Å². The smallest absolute Gasteiger partial charge is 0.249 e. The van der Waals surface area contributed by atoms with Crippen molar-refractivity contribution < 1.29 is 9.90 Å². The highest BCUT2D eigenvalue weighted by Gasteiger charge is 2.18. The van der Waals surface area contributed by atoms with Gasteiger partial charge < -0.3 is 21.1 Å². The molecule has 0 unspecified atom stereocenters. The summed E-state index contributed by atoms with van der Waals surface area (Å²) in [4.78, 5) is 18.9. The normalized spacial score (nSPS) is 15.5. The van der Waals surface area contributed by atoms with E-state index in [9.17, 15) is 9.90 Å². The Morgan fingerprint density at radius 1 is 1.42 bits per heavy atom. The standard InChI is InChI=1S/C17H22N4O2S/c18-17(23)13-7-15(24-11-13)9-20-16-2-1-14(8-19-16)21-5-3-12(10-22)4-6-21/h1-2,7-8,11-12,22H,3-6,9-10H2,(H2,18,23)(H,19,20). The number of aliphatic hydroxyl groups is 1. The quantitative estimate of drug-likeness (QED) is 0.745. The molecule has 0 radical (unpaired) electrons. The van der Waals surface area contributed by atoms with E-state index in [1.165, 1.54) is 11.3 Å². The fourth-order valence-electron chi connectivity index (χ4n) is 2.83. The first-order valence-electron chi connectivity index (χ1n) is 8.08. The molecule has 0 aromatic carbocycles. The molecule has 0 spiro atoms. The van der Waals surface area contributed by atoms with Crippen LogP contribution in [0.25, 0.3) is 0 Å². The number of anilines is 2. The van der Waals surface area contributed by atoms with Crippen molar-refractivity contribution in [3.63, 3.8) is 0 Å². The average molecular weight is 346 g/mol. The van der Waals surface area contributed by atoms with Gasteiger partial charge in [-0.05, 0) is 37.0 Å². The molecule has 3 heterocycles. The fourth-order valence-corrected chi connectivity index (χ4v) is 3.64. The lowest BCUT2D eigenvalue weighted by molar-refractivity contribution is 0.100. The van der Waals surface area contributed by atoms with Crippen LogP contribution in [0.1, 0.15) is 28.1 Å². The molecule has 1 saturated heterocycles. The summed E-state index contributed by atoms with van der Waals surface area (Å²) in [7, 11) is 0. The van der Waals surface area contributed by atoms with E-state index >= 15 is 0 Å². The van der Waals surface area contributed by atoms with Crippen LogP contribution < -0.4 is 16.0 Å². The first kappa shape index (κ1) is 16.7. The number of thiophene rings is 1. The van der Waals surface area contributed by atoms with Gasteiger partial charge in [0.15, 0.2) is 0 Å². The maximum absolute atomic E-state index is 11.1. The Morgan fingerprint density at radius 2 is 2.21 bits per heavy atom. The number of pyridine rings is 1. The zero-order chi connectivity index (χ0) is 16.9. The lowest BCUT2D eigenvalue weighted by Crippen LogP contribution is -2.34. The average Bonchev–Trinajstić information content (AvgIpc) is 3.10. The minimum atomic E-state index is -0.398. The number of nitrogens with zero attached hydrogens (tertiary/aromatic N) is 2. The van der Waals surface area contributed by atoms with Gasteiger partial charge in [-0.25, -0.2) is 4.98 Å². The third-order valence-electron chi connectivity index (χ3n) is 4.37. The van der Waals surface area contributed by atoms with E-state index < -0.39 is 5.91 Å². The Bertz CT molecular complexity index is 678. The third-order valence-corrected chi connectivity index (χ3v) is 5.30. The van der Waals surface area contributed by atoms with Crippen molar-refractivity contribution in [3.8, 4) is 0 Å². The van der Waals surface area contributed by atoms with E-state index in [1.807, 2.05) is 12.3 Å². The number of carbonyl (C=O) groups excluding carboxylic acids is 1. The molecule has 1 aliphatic heterocycles. The number of amides is 1. The first-order chi connectivity index (χ1) is 11.7. The van der Waals surface area contributed by atoms with Gasteiger partial charge in [0.2, 0.25) is 5.91 Å².